The smallest absolute Gasteiger partial charge is 0.237 e. The van der Waals surface area contributed by atoms with Gasteiger partial charge in [0.25, 0.3) is 0 Å². The van der Waals surface area contributed by atoms with Crippen molar-refractivity contribution in [2.75, 3.05) is 6.54 Å². The van der Waals surface area contributed by atoms with Crippen LogP contribution < -0.4 is 10.6 Å². The molecule has 0 spiro atoms. The van der Waals surface area contributed by atoms with E-state index < -0.39 is 6.04 Å². The maximum Gasteiger partial charge on any atom is 0.237 e. The third-order valence-corrected chi connectivity index (χ3v) is 4.03. The number of Topliss-reactive ketones (excluding diaryl/α,β-unsaturated/α-hetero) is 1. The van der Waals surface area contributed by atoms with Crippen molar-refractivity contribution < 1.29 is 9.59 Å². The molecule has 0 radical (unpaired) electrons. The summed E-state index contributed by atoms with van der Waals surface area (Å²) in [6, 6.07) is 3.37. The number of pyridine rings is 1. The fraction of sp³-hybridized carbons (Fsp3) is 0.588. The second-order valence-electron chi connectivity index (χ2n) is 6.98. The Morgan fingerprint density at radius 3 is 2.59 bits per heavy atom. The summed E-state index contributed by atoms with van der Waals surface area (Å²) < 4.78 is 0. The number of hydrogen-bond acceptors (Lipinski definition) is 4. The lowest BCUT2D eigenvalue weighted by molar-refractivity contribution is -0.126. The highest BCUT2D eigenvalue weighted by atomic mass is 16.2. The van der Waals surface area contributed by atoms with Gasteiger partial charge >= 0.3 is 0 Å². The number of nitrogens with zero attached hydrogens (tertiary/aromatic N) is 1. The minimum Gasteiger partial charge on any atom is -0.352 e. The van der Waals surface area contributed by atoms with E-state index in [1.165, 1.54) is 6.42 Å². The summed E-state index contributed by atoms with van der Waals surface area (Å²) in [6.07, 6.45) is 6.46. The minimum atomic E-state index is -0.395. The normalized spacial score (nSPS) is 16.7. The van der Waals surface area contributed by atoms with E-state index in [1.807, 2.05) is 20.8 Å². The van der Waals surface area contributed by atoms with Crippen molar-refractivity contribution in [3.05, 3.63) is 30.1 Å². The molecular weight excluding hydrogens is 278 g/mol. The number of nitrogens with one attached hydrogen (secondary N) is 2. The fourth-order valence-electron chi connectivity index (χ4n) is 2.45. The Kier molecular flexibility index (Phi) is 5.29. The van der Waals surface area contributed by atoms with E-state index in [0.717, 1.165) is 12.8 Å². The van der Waals surface area contributed by atoms with Crippen molar-refractivity contribution in [2.45, 2.75) is 52.1 Å². The molecule has 1 aliphatic rings. The van der Waals surface area contributed by atoms with Gasteiger partial charge in [0.05, 0.1) is 12.6 Å². The van der Waals surface area contributed by atoms with Gasteiger partial charge in [-0.2, -0.15) is 0 Å². The summed E-state index contributed by atoms with van der Waals surface area (Å²) in [7, 11) is 0. The second kappa shape index (κ2) is 7.01. The zero-order chi connectivity index (χ0) is 16.2. The zero-order valence-electron chi connectivity index (χ0n) is 13.6. The van der Waals surface area contributed by atoms with Crippen LogP contribution in [0, 0.1) is 5.41 Å². The van der Waals surface area contributed by atoms with Crippen molar-refractivity contribution >= 4 is 11.7 Å². The molecule has 0 saturated heterocycles. The van der Waals surface area contributed by atoms with Gasteiger partial charge in [0.1, 0.15) is 0 Å². The SMILES string of the molecule is CC(C)(C)C(NCC(=O)c1cccnc1)C(=O)NC1CCC1. The lowest BCUT2D eigenvalue weighted by atomic mass is 9.85. The number of ketones is 1. The fourth-order valence-corrected chi connectivity index (χ4v) is 2.45. The Hall–Kier alpha value is -1.75. The van der Waals surface area contributed by atoms with Gasteiger partial charge in [-0.05, 0) is 36.8 Å². The minimum absolute atomic E-state index is 0.0174. The molecule has 1 aromatic rings. The number of hydrogen-bond donors (Lipinski definition) is 2. The zero-order valence-corrected chi connectivity index (χ0v) is 13.6. The molecule has 120 valence electrons. The van der Waals surface area contributed by atoms with Gasteiger partial charge < -0.3 is 5.32 Å². The van der Waals surface area contributed by atoms with Crippen molar-refractivity contribution in [1.82, 2.24) is 15.6 Å². The van der Waals surface area contributed by atoms with Gasteiger partial charge in [0.15, 0.2) is 5.78 Å². The van der Waals surface area contributed by atoms with E-state index in [-0.39, 0.29) is 23.7 Å². The monoisotopic (exact) mass is 303 g/mol. The maximum atomic E-state index is 12.4. The summed E-state index contributed by atoms with van der Waals surface area (Å²) in [5.74, 6) is -0.0741. The second-order valence-corrected chi connectivity index (χ2v) is 6.98. The summed E-state index contributed by atoms with van der Waals surface area (Å²) >= 11 is 0. The molecule has 22 heavy (non-hydrogen) atoms. The Morgan fingerprint density at radius 2 is 2.09 bits per heavy atom. The average molecular weight is 303 g/mol. The Morgan fingerprint density at radius 1 is 1.36 bits per heavy atom. The van der Waals surface area contributed by atoms with Crippen molar-refractivity contribution in [1.29, 1.82) is 0 Å². The van der Waals surface area contributed by atoms with Gasteiger partial charge in [0, 0.05) is 24.0 Å². The molecule has 1 atom stereocenters. The van der Waals surface area contributed by atoms with Crippen molar-refractivity contribution in [2.24, 2.45) is 5.41 Å². The van der Waals surface area contributed by atoms with E-state index in [1.54, 1.807) is 24.5 Å². The van der Waals surface area contributed by atoms with Gasteiger partial charge in [-0.1, -0.05) is 20.8 Å². The first-order valence-corrected chi connectivity index (χ1v) is 7.85. The Bertz CT molecular complexity index is 518. The van der Waals surface area contributed by atoms with Crippen LogP contribution in [-0.4, -0.2) is 35.3 Å². The van der Waals surface area contributed by atoms with E-state index >= 15 is 0 Å². The van der Waals surface area contributed by atoms with Crippen LogP contribution in [0.25, 0.3) is 0 Å². The number of carbonyl (C=O) groups is 2. The van der Waals surface area contributed by atoms with Gasteiger partial charge in [-0.15, -0.1) is 0 Å². The molecule has 1 heterocycles. The van der Waals surface area contributed by atoms with Crippen LogP contribution in [-0.2, 0) is 4.79 Å². The number of aromatic nitrogens is 1. The summed E-state index contributed by atoms with van der Waals surface area (Å²) in [4.78, 5) is 28.5. The molecule has 5 heteroatoms. The first kappa shape index (κ1) is 16.6. The highest BCUT2D eigenvalue weighted by Crippen LogP contribution is 2.22. The van der Waals surface area contributed by atoms with Crippen LogP contribution in [0.3, 0.4) is 0 Å². The molecule has 1 amide bonds. The molecule has 0 aliphatic heterocycles. The van der Waals surface area contributed by atoms with E-state index in [4.69, 9.17) is 0 Å². The highest BCUT2D eigenvalue weighted by molar-refractivity contribution is 5.97. The molecule has 0 aromatic carbocycles. The number of amides is 1. The lowest BCUT2D eigenvalue weighted by Crippen LogP contribution is -2.55. The molecule has 0 bridgehead atoms. The van der Waals surface area contributed by atoms with Crippen molar-refractivity contribution in [3.63, 3.8) is 0 Å². The topological polar surface area (TPSA) is 71.1 Å². The molecule has 1 aliphatic carbocycles. The Balaban J connectivity index is 1.95. The molecule has 1 fully saturated rings. The van der Waals surface area contributed by atoms with Crippen LogP contribution in [0.5, 0.6) is 0 Å². The molecule has 1 unspecified atom stereocenters. The average Bonchev–Trinajstić information content (AvgIpc) is 2.42. The van der Waals surface area contributed by atoms with E-state index in [0.29, 0.717) is 11.6 Å². The van der Waals surface area contributed by atoms with Crippen LogP contribution in [0.15, 0.2) is 24.5 Å². The van der Waals surface area contributed by atoms with Crippen LogP contribution in [0.1, 0.15) is 50.4 Å². The number of rotatable bonds is 6. The quantitative estimate of drug-likeness (QED) is 0.788. The number of carbonyl (C=O) groups excluding carboxylic acids is 2. The summed E-state index contributed by atoms with van der Waals surface area (Å²) in [5.41, 5.74) is 0.297. The predicted octanol–water partition coefficient (Wildman–Crippen LogP) is 1.94. The summed E-state index contributed by atoms with van der Waals surface area (Å²) in [5, 5.41) is 6.18. The van der Waals surface area contributed by atoms with Crippen LogP contribution in [0.4, 0.5) is 0 Å². The molecular formula is C17H25N3O2. The van der Waals surface area contributed by atoms with Crippen LogP contribution >= 0.6 is 0 Å². The summed E-state index contributed by atoms with van der Waals surface area (Å²) in [6.45, 7) is 6.13. The molecule has 5 nitrogen and oxygen atoms in total. The first-order valence-electron chi connectivity index (χ1n) is 7.85. The van der Waals surface area contributed by atoms with Gasteiger partial charge in [-0.25, -0.2) is 0 Å². The molecule has 1 saturated carbocycles. The largest absolute Gasteiger partial charge is 0.352 e. The standard InChI is InChI=1S/C17H25N3O2/c1-17(2,3)15(16(22)20-13-7-4-8-13)19-11-14(21)12-6-5-9-18-10-12/h5-6,9-10,13,15,19H,4,7-8,11H2,1-3H3,(H,20,22). The van der Waals surface area contributed by atoms with Gasteiger partial charge in [0.2, 0.25) is 5.91 Å². The highest BCUT2D eigenvalue weighted by Gasteiger charge is 2.33. The van der Waals surface area contributed by atoms with E-state index in [2.05, 4.69) is 15.6 Å². The third kappa shape index (κ3) is 4.37. The molecule has 2 N–H and O–H groups in total. The first-order chi connectivity index (χ1) is 10.4. The predicted molar refractivity (Wildman–Crippen MR) is 85.6 cm³/mol. The Labute approximate surface area is 131 Å². The maximum absolute atomic E-state index is 12.4. The van der Waals surface area contributed by atoms with Gasteiger partial charge in [-0.3, -0.25) is 19.9 Å². The third-order valence-electron chi connectivity index (χ3n) is 4.03. The van der Waals surface area contributed by atoms with Crippen LogP contribution in [0.2, 0.25) is 0 Å². The van der Waals surface area contributed by atoms with E-state index in [9.17, 15) is 9.59 Å². The molecule has 1 aromatic heterocycles. The lowest BCUT2D eigenvalue weighted by Gasteiger charge is -2.34. The molecule has 2 rings (SSSR count). The van der Waals surface area contributed by atoms with Crippen molar-refractivity contribution in [3.8, 4) is 0 Å².